The van der Waals surface area contributed by atoms with Crippen molar-refractivity contribution in [2.24, 2.45) is 11.7 Å². The topological polar surface area (TPSA) is 57.2 Å². The second kappa shape index (κ2) is 9.63. The Bertz CT molecular complexity index is 758. The summed E-state index contributed by atoms with van der Waals surface area (Å²) in [4.78, 5) is 12.4. The minimum atomic E-state index is -0.349. The summed E-state index contributed by atoms with van der Waals surface area (Å²) >= 11 is 0. The van der Waals surface area contributed by atoms with Gasteiger partial charge in [0.05, 0.1) is 12.7 Å². The third-order valence-corrected chi connectivity index (χ3v) is 5.20. The highest BCUT2D eigenvalue weighted by molar-refractivity contribution is 6.02. The lowest BCUT2D eigenvalue weighted by Gasteiger charge is -2.15. The van der Waals surface area contributed by atoms with E-state index in [2.05, 4.69) is 25.3 Å². The Labute approximate surface area is 163 Å². The van der Waals surface area contributed by atoms with Crippen molar-refractivity contribution in [3.8, 4) is 16.9 Å². The number of carbonyl (C=O) groups is 1. The fraction of sp³-hybridized carbons (Fsp3) is 0.522. The minimum Gasteiger partial charge on any atom is -0.497 e. The van der Waals surface area contributed by atoms with Crippen LogP contribution in [-0.4, -0.2) is 17.6 Å². The Hall–Kier alpha value is -2.23. The van der Waals surface area contributed by atoms with Crippen molar-refractivity contribution in [2.75, 3.05) is 7.11 Å². The Morgan fingerprint density at radius 1 is 1.19 bits per heavy atom. The zero-order chi connectivity index (χ0) is 20.0. The maximum absolute atomic E-state index is 12.4. The van der Waals surface area contributed by atoms with Crippen LogP contribution in [0.15, 0.2) is 24.3 Å². The summed E-state index contributed by atoms with van der Waals surface area (Å²) in [5.41, 5.74) is 10.7. The molecule has 2 aromatic rings. The number of hydrogen-bond donors (Lipinski definition) is 1. The molecular formula is C23H34N2O2. The summed E-state index contributed by atoms with van der Waals surface area (Å²) in [5.74, 6) is 1.07. The van der Waals surface area contributed by atoms with Gasteiger partial charge >= 0.3 is 0 Å². The van der Waals surface area contributed by atoms with E-state index in [1.54, 1.807) is 7.11 Å². The van der Waals surface area contributed by atoms with Gasteiger partial charge in [-0.05, 0) is 49.8 Å². The first-order chi connectivity index (χ1) is 12.9. The van der Waals surface area contributed by atoms with Crippen LogP contribution in [0.25, 0.3) is 11.1 Å². The van der Waals surface area contributed by atoms with Crippen molar-refractivity contribution < 1.29 is 9.53 Å². The van der Waals surface area contributed by atoms with E-state index in [-0.39, 0.29) is 5.91 Å². The lowest BCUT2D eigenvalue weighted by Crippen LogP contribution is -2.13. The fourth-order valence-corrected chi connectivity index (χ4v) is 3.66. The van der Waals surface area contributed by atoms with Crippen molar-refractivity contribution in [1.29, 1.82) is 0 Å². The molecule has 0 saturated heterocycles. The molecule has 4 heteroatoms. The van der Waals surface area contributed by atoms with Crippen molar-refractivity contribution in [3.63, 3.8) is 0 Å². The quantitative estimate of drug-likeness (QED) is 0.573. The molecule has 0 spiro atoms. The molecule has 1 aromatic carbocycles. The number of ether oxygens (including phenoxy) is 1. The van der Waals surface area contributed by atoms with Gasteiger partial charge in [-0.3, -0.25) is 4.79 Å². The van der Waals surface area contributed by atoms with Crippen LogP contribution >= 0.6 is 0 Å². The molecule has 2 N–H and O–H groups in total. The van der Waals surface area contributed by atoms with E-state index in [4.69, 9.17) is 10.5 Å². The van der Waals surface area contributed by atoms with Gasteiger partial charge in [0.15, 0.2) is 0 Å². The van der Waals surface area contributed by atoms with E-state index in [0.29, 0.717) is 11.5 Å². The summed E-state index contributed by atoms with van der Waals surface area (Å²) in [6.45, 7) is 9.62. The van der Waals surface area contributed by atoms with E-state index in [1.165, 1.54) is 18.5 Å². The number of unbranched alkanes of at least 4 members (excludes halogenated alkanes) is 2. The van der Waals surface area contributed by atoms with Crippen molar-refractivity contribution in [1.82, 2.24) is 4.57 Å². The maximum Gasteiger partial charge on any atom is 0.251 e. The van der Waals surface area contributed by atoms with Gasteiger partial charge in [-0.2, -0.15) is 0 Å². The molecule has 1 heterocycles. The van der Waals surface area contributed by atoms with Crippen LogP contribution < -0.4 is 10.5 Å². The standard InChI is InChI=1S/C23H34N2O2/c1-6-7-8-9-20-22(18-10-12-19(27-5)13-11-18)21(23(24)26)17(4)25(20)15-14-16(2)3/h10-13,16H,6-9,14-15H2,1-5H3,(H2,24,26). The molecule has 0 saturated carbocycles. The molecule has 0 radical (unpaired) electrons. The summed E-state index contributed by atoms with van der Waals surface area (Å²) in [6, 6.07) is 7.93. The number of primary amides is 1. The van der Waals surface area contributed by atoms with Crippen molar-refractivity contribution >= 4 is 5.91 Å². The molecule has 148 valence electrons. The highest BCUT2D eigenvalue weighted by Crippen LogP contribution is 2.35. The highest BCUT2D eigenvalue weighted by Gasteiger charge is 2.24. The van der Waals surface area contributed by atoms with E-state index < -0.39 is 0 Å². The molecule has 0 bridgehead atoms. The maximum atomic E-state index is 12.4. The first-order valence-electron chi connectivity index (χ1n) is 10.1. The van der Waals surface area contributed by atoms with Crippen LogP contribution in [-0.2, 0) is 13.0 Å². The summed E-state index contributed by atoms with van der Waals surface area (Å²) in [5, 5.41) is 0. The average molecular weight is 371 g/mol. The molecule has 0 fully saturated rings. The third kappa shape index (κ3) is 4.94. The molecule has 4 nitrogen and oxygen atoms in total. The summed E-state index contributed by atoms with van der Waals surface area (Å²) in [7, 11) is 1.66. The number of nitrogens with zero attached hydrogens (tertiary/aromatic N) is 1. The first-order valence-corrected chi connectivity index (χ1v) is 10.1. The zero-order valence-electron chi connectivity index (χ0n) is 17.5. The van der Waals surface area contributed by atoms with E-state index in [9.17, 15) is 4.79 Å². The minimum absolute atomic E-state index is 0.349. The lowest BCUT2D eigenvalue weighted by atomic mass is 9.97. The van der Waals surface area contributed by atoms with Gasteiger partial charge in [0.25, 0.3) is 5.91 Å². The molecule has 1 aromatic heterocycles. The number of rotatable bonds is 10. The molecule has 1 amide bonds. The van der Waals surface area contributed by atoms with Crippen LogP contribution in [0.4, 0.5) is 0 Å². The van der Waals surface area contributed by atoms with Crippen LogP contribution in [0.1, 0.15) is 68.2 Å². The first kappa shape index (κ1) is 21.1. The van der Waals surface area contributed by atoms with Gasteiger partial charge in [0.1, 0.15) is 5.75 Å². The van der Waals surface area contributed by atoms with Gasteiger partial charge in [-0.1, -0.05) is 45.7 Å². The number of hydrogen-bond acceptors (Lipinski definition) is 2. The Morgan fingerprint density at radius 2 is 1.85 bits per heavy atom. The molecular weight excluding hydrogens is 336 g/mol. The zero-order valence-corrected chi connectivity index (χ0v) is 17.5. The SMILES string of the molecule is CCCCCc1c(-c2ccc(OC)cc2)c(C(N)=O)c(C)n1CCC(C)C. The van der Waals surface area contributed by atoms with E-state index in [1.807, 2.05) is 31.2 Å². The molecule has 0 unspecified atom stereocenters. The summed E-state index contributed by atoms with van der Waals surface area (Å²) < 4.78 is 7.62. The molecule has 0 aliphatic carbocycles. The van der Waals surface area contributed by atoms with Gasteiger partial charge < -0.3 is 15.0 Å². The predicted octanol–water partition coefficient (Wildman–Crippen LogP) is 5.35. The molecule has 0 aliphatic rings. The molecule has 0 aliphatic heterocycles. The normalized spacial score (nSPS) is 11.2. The molecule has 2 rings (SSSR count). The number of aromatic nitrogens is 1. The van der Waals surface area contributed by atoms with Gasteiger partial charge in [-0.25, -0.2) is 0 Å². The second-order valence-corrected chi connectivity index (χ2v) is 7.67. The second-order valence-electron chi connectivity index (χ2n) is 7.67. The largest absolute Gasteiger partial charge is 0.497 e. The van der Waals surface area contributed by atoms with Crippen LogP contribution in [0.2, 0.25) is 0 Å². The van der Waals surface area contributed by atoms with Gasteiger partial charge in [0, 0.05) is 23.5 Å². The lowest BCUT2D eigenvalue weighted by molar-refractivity contribution is 0.1000. The monoisotopic (exact) mass is 370 g/mol. The third-order valence-electron chi connectivity index (χ3n) is 5.20. The number of methoxy groups -OCH3 is 1. The van der Waals surface area contributed by atoms with Crippen LogP contribution in [0, 0.1) is 12.8 Å². The van der Waals surface area contributed by atoms with Crippen molar-refractivity contribution in [2.45, 2.75) is 66.3 Å². The molecule has 27 heavy (non-hydrogen) atoms. The molecule has 0 atom stereocenters. The predicted molar refractivity (Wildman–Crippen MR) is 112 cm³/mol. The fourth-order valence-electron chi connectivity index (χ4n) is 3.66. The highest BCUT2D eigenvalue weighted by atomic mass is 16.5. The van der Waals surface area contributed by atoms with E-state index >= 15 is 0 Å². The van der Waals surface area contributed by atoms with Crippen LogP contribution in [0.3, 0.4) is 0 Å². The number of nitrogens with two attached hydrogens (primary N) is 1. The van der Waals surface area contributed by atoms with E-state index in [0.717, 1.165) is 48.4 Å². The Balaban J connectivity index is 2.61. The smallest absolute Gasteiger partial charge is 0.251 e. The summed E-state index contributed by atoms with van der Waals surface area (Å²) in [6.07, 6.45) is 5.51. The number of amides is 1. The van der Waals surface area contributed by atoms with Gasteiger partial charge in [-0.15, -0.1) is 0 Å². The van der Waals surface area contributed by atoms with Crippen molar-refractivity contribution in [3.05, 3.63) is 41.2 Å². The Kier molecular flexibility index (Phi) is 7.52. The average Bonchev–Trinajstić information content (AvgIpc) is 2.92. The van der Waals surface area contributed by atoms with Gasteiger partial charge in [0.2, 0.25) is 0 Å². The number of benzene rings is 1. The Morgan fingerprint density at radius 3 is 2.37 bits per heavy atom. The number of carbonyl (C=O) groups excluding carboxylic acids is 1. The van der Waals surface area contributed by atoms with Crippen LogP contribution in [0.5, 0.6) is 5.75 Å².